The number of hydrogen-bond acceptors (Lipinski definition) is 2. The van der Waals surface area contributed by atoms with Crippen molar-refractivity contribution in [1.29, 1.82) is 0 Å². The third-order valence-corrected chi connectivity index (χ3v) is 1.94. The summed E-state index contributed by atoms with van der Waals surface area (Å²) in [5, 5.41) is 0.809. The Balaban J connectivity index is 2.81. The molecule has 0 atom stereocenters. The molecule has 68 valence electrons. The Bertz CT molecular complexity index is 316. The number of carbonyl (C=O) groups excluding carboxylic acids is 1. The van der Waals surface area contributed by atoms with Crippen LogP contribution >= 0.6 is 15.9 Å². The molecule has 13 heavy (non-hydrogen) atoms. The molecule has 3 heteroatoms. The largest absolute Gasteiger partial charge is 0.294 e. The van der Waals surface area contributed by atoms with E-state index in [-0.39, 0.29) is 5.78 Å². The number of hydrogen-bond donors (Lipinski definition) is 0. The van der Waals surface area contributed by atoms with Crippen molar-refractivity contribution in [3.05, 3.63) is 35.7 Å². The SMILES string of the molecule is CC(=O)c1ccc(C=CCBr)nc1. The number of ketones is 1. The van der Waals surface area contributed by atoms with Gasteiger partial charge in [0, 0.05) is 17.1 Å². The van der Waals surface area contributed by atoms with Crippen LogP contribution in [0.2, 0.25) is 0 Å². The Kier molecular flexibility index (Phi) is 3.83. The van der Waals surface area contributed by atoms with Crippen molar-refractivity contribution in [2.24, 2.45) is 0 Å². The van der Waals surface area contributed by atoms with Crippen LogP contribution in [0.5, 0.6) is 0 Å². The number of allylic oxidation sites excluding steroid dienone is 1. The van der Waals surface area contributed by atoms with Gasteiger partial charge in [-0.15, -0.1) is 0 Å². The minimum Gasteiger partial charge on any atom is -0.294 e. The van der Waals surface area contributed by atoms with E-state index in [0.29, 0.717) is 5.56 Å². The van der Waals surface area contributed by atoms with E-state index < -0.39 is 0 Å². The summed E-state index contributed by atoms with van der Waals surface area (Å²) in [6, 6.07) is 3.61. The lowest BCUT2D eigenvalue weighted by Gasteiger charge is -1.95. The summed E-state index contributed by atoms with van der Waals surface area (Å²) in [5.74, 6) is 0.0449. The minimum atomic E-state index is 0.0449. The highest BCUT2D eigenvalue weighted by Gasteiger charge is 1.97. The summed E-state index contributed by atoms with van der Waals surface area (Å²) < 4.78 is 0. The van der Waals surface area contributed by atoms with E-state index in [1.165, 1.54) is 6.92 Å². The first kappa shape index (κ1) is 10.1. The van der Waals surface area contributed by atoms with Gasteiger partial charge in [-0.1, -0.05) is 22.0 Å². The summed E-state index contributed by atoms with van der Waals surface area (Å²) >= 11 is 3.28. The van der Waals surface area contributed by atoms with Crippen molar-refractivity contribution in [1.82, 2.24) is 4.98 Å². The van der Waals surface area contributed by atoms with Gasteiger partial charge in [-0.25, -0.2) is 0 Å². The topological polar surface area (TPSA) is 30.0 Å². The van der Waals surface area contributed by atoms with Gasteiger partial charge in [0.2, 0.25) is 0 Å². The average molecular weight is 240 g/mol. The van der Waals surface area contributed by atoms with Crippen molar-refractivity contribution in [3.8, 4) is 0 Å². The molecule has 0 saturated heterocycles. The van der Waals surface area contributed by atoms with Crippen LogP contribution in [0.25, 0.3) is 6.08 Å². The van der Waals surface area contributed by atoms with Gasteiger partial charge < -0.3 is 0 Å². The van der Waals surface area contributed by atoms with Crippen LogP contribution < -0.4 is 0 Å². The second kappa shape index (κ2) is 4.92. The van der Waals surface area contributed by atoms with Crippen molar-refractivity contribution in [2.75, 3.05) is 5.33 Å². The molecule has 0 aliphatic carbocycles. The number of aromatic nitrogens is 1. The van der Waals surface area contributed by atoms with Crippen molar-refractivity contribution in [3.63, 3.8) is 0 Å². The van der Waals surface area contributed by atoms with Gasteiger partial charge in [-0.05, 0) is 25.1 Å². The highest BCUT2D eigenvalue weighted by atomic mass is 79.9. The van der Waals surface area contributed by atoms with Crippen molar-refractivity contribution < 1.29 is 4.79 Å². The summed E-state index contributed by atoms with van der Waals surface area (Å²) in [6.07, 6.45) is 5.45. The molecule has 1 aromatic heterocycles. The number of alkyl halides is 1. The molecule has 0 unspecified atom stereocenters. The quantitative estimate of drug-likeness (QED) is 0.600. The molecule has 0 radical (unpaired) electrons. The Labute approximate surface area is 85.8 Å². The van der Waals surface area contributed by atoms with Gasteiger partial charge in [0.25, 0.3) is 0 Å². The molecule has 0 spiro atoms. The van der Waals surface area contributed by atoms with Gasteiger partial charge in [0.15, 0.2) is 5.78 Å². The number of pyridine rings is 1. The van der Waals surface area contributed by atoms with Gasteiger partial charge in [-0.3, -0.25) is 9.78 Å². The number of rotatable bonds is 3. The minimum absolute atomic E-state index is 0.0449. The molecular formula is C10H10BrNO. The Morgan fingerprint density at radius 1 is 1.62 bits per heavy atom. The maximum atomic E-state index is 10.9. The summed E-state index contributed by atoms with van der Waals surface area (Å²) in [6.45, 7) is 1.53. The lowest BCUT2D eigenvalue weighted by molar-refractivity contribution is 0.101. The van der Waals surface area contributed by atoms with Crippen LogP contribution in [0.15, 0.2) is 24.4 Å². The number of Topliss-reactive ketones (excluding diaryl/α,β-unsaturated/α-hetero) is 1. The zero-order valence-electron chi connectivity index (χ0n) is 7.33. The first-order chi connectivity index (χ1) is 6.24. The van der Waals surface area contributed by atoms with E-state index in [9.17, 15) is 4.79 Å². The van der Waals surface area contributed by atoms with Gasteiger partial charge >= 0.3 is 0 Å². The van der Waals surface area contributed by atoms with Crippen molar-refractivity contribution in [2.45, 2.75) is 6.92 Å². The molecule has 1 heterocycles. The molecule has 0 aromatic carbocycles. The first-order valence-electron chi connectivity index (χ1n) is 3.93. The number of halogens is 1. The molecular weight excluding hydrogens is 230 g/mol. The van der Waals surface area contributed by atoms with E-state index in [1.54, 1.807) is 12.3 Å². The maximum Gasteiger partial charge on any atom is 0.161 e. The van der Waals surface area contributed by atoms with E-state index in [0.717, 1.165) is 11.0 Å². The molecule has 0 fully saturated rings. The molecule has 0 saturated carbocycles. The molecule has 0 aliphatic heterocycles. The molecule has 1 aromatic rings. The smallest absolute Gasteiger partial charge is 0.161 e. The zero-order chi connectivity index (χ0) is 9.68. The van der Waals surface area contributed by atoms with Crippen LogP contribution in [0.3, 0.4) is 0 Å². The molecule has 0 aliphatic rings. The normalized spacial score (nSPS) is 10.6. The molecule has 0 bridgehead atoms. The zero-order valence-corrected chi connectivity index (χ0v) is 8.91. The summed E-state index contributed by atoms with van der Waals surface area (Å²) in [7, 11) is 0. The highest BCUT2D eigenvalue weighted by Crippen LogP contribution is 2.03. The van der Waals surface area contributed by atoms with Gasteiger partial charge in [0.05, 0.1) is 5.69 Å². The fourth-order valence-corrected chi connectivity index (χ4v) is 1.06. The third kappa shape index (κ3) is 3.11. The van der Waals surface area contributed by atoms with Gasteiger partial charge in [0.1, 0.15) is 0 Å². The Hall–Kier alpha value is -0.960. The van der Waals surface area contributed by atoms with Crippen LogP contribution in [-0.2, 0) is 0 Å². The second-order valence-electron chi connectivity index (χ2n) is 2.58. The lowest BCUT2D eigenvalue weighted by Crippen LogP contribution is -1.93. The standard InChI is InChI=1S/C10H10BrNO/c1-8(13)9-4-5-10(12-7-9)3-2-6-11/h2-5,7H,6H2,1H3. The van der Waals surface area contributed by atoms with E-state index >= 15 is 0 Å². The Morgan fingerprint density at radius 2 is 2.38 bits per heavy atom. The fraction of sp³-hybridized carbons (Fsp3) is 0.200. The average Bonchev–Trinajstić information content (AvgIpc) is 2.15. The monoisotopic (exact) mass is 239 g/mol. The predicted molar refractivity (Wildman–Crippen MR) is 57.1 cm³/mol. The maximum absolute atomic E-state index is 10.9. The fourth-order valence-electron chi connectivity index (χ4n) is 0.877. The number of nitrogens with zero attached hydrogens (tertiary/aromatic N) is 1. The van der Waals surface area contributed by atoms with E-state index in [4.69, 9.17) is 0 Å². The third-order valence-electron chi connectivity index (χ3n) is 1.57. The summed E-state index contributed by atoms with van der Waals surface area (Å²) in [5.41, 5.74) is 1.51. The first-order valence-corrected chi connectivity index (χ1v) is 5.05. The predicted octanol–water partition coefficient (Wildman–Crippen LogP) is 2.69. The Morgan fingerprint density at radius 3 is 2.85 bits per heavy atom. The second-order valence-corrected chi connectivity index (χ2v) is 3.23. The van der Waals surface area contributed by atoms with Crippen LogP contribution in [0.1, 0.15) is 23.0 Å². The van der Waals surface area contributed by atoms with Gasteiger partial charge in [-0.2, -0.15) is 0 Å². The van der Waals surface area contributed by atoms with E-state index in [1.807, 2.05) is 18.2 Å². The molecule has 2 nitrogen and oxygen atoms in total. The number of carbonyl (C=O) groups is 1. The molecule has 0 N–H and O–H groups in total. The van der Waals surface area contributed by atoms with E-state index in [2.05, 4.69) is 20.9 Å². The summed E-state index contributed by atoms with van der Waals surface area (Å²) in [4.78, 5) is 15.0. The lowest BCUT2D eigenvalue weighted by atomic mass is 10.2. The molecule has 1 rings (SSSR count). The highest BCUT2D eigenvalue weighted by molar-refractivity contribution is 9.09. The van der Waals surface area contributed by atoms with Crippen LogP contribution in [0, 0.1) is 0 Å². The molecule has 0 amide bonds. The van der Waals surface area contributed by atoms with Crippen LogP contribution in [-0.4, -0.2) is 16.1 Å². The van der Waals surface area contributed by atoms with Crippen molar-refractivity contribution >= 4 is 27.8 Å². The van der Waals surface area contributed by atoms with Crippen LogP contribution in [0.4, 0.5) is 0 Å².